The Labute approximate surface area is 110 Å². The Bertz CT molecular complexity index is 390. The van der Waals surface area contributed by atoms with Crippen molar-refractivity contribution < 1.29 is 9.53 Å². The van der Waals surface area contributed by atoms with E-state index in [9.17, 15) is 4.79 Å². The van der Waals surface area contributed by atoms with Gasteiger partial charge >= 0.3 is 5.97 Å². The lowest BCUT2D eigenvalue weighted by molar-refractivity contribution is -0.154. The fraction of sp³-hybridized carbons (Fsp3) is 0.533. The molecule has 100 valence electrons. The topological polar surface area (TPSA) is 29.5 Å². The molecule has 18 heavy (non-hydrogen) atoms. The Hall–Kier alpha value is -1.51. The number of nitrogens with zero attached hydrogens (tertiary/aromatic N) is 1. The van der Waals surface area contributed by atoms with E-state index in [1.54, 1.807) is 0 Å². The summed E-state index contributed by atoms with van der Waals surface area (Å²) in [6.45, 7) is 8.38. The van der Waals surface area contributed by atoms with Gasteiger partial charge in [0, 0.05) is 19.3 Å². The van der Waals surface area contributed by atoms with Crippen LogP contribution in [-0.4, -0.2) is 25.2 Å². The Morgan fingerprint density at radius 2 is 1.78 bits per heavy atom. The molecule has 0 bridgehead atoms. The van der Waals surface area contributed by atoms with E-state index in [1.165, 1.54) is 5.56 Å². The van der Waals surface area contributed by atoms with E-state index in [4.69, 9.17) is 4.74 Å². The van der Waals surface area contributed by atoms with Gasteiger partial charge < -0.3 is 9.64 Å². The third-order valence-corrected chi connectivity index (χ3v) is 2.55. The number of benzene rings is 1. The SMILES string of the molecule is Cc1ccc(N(C)CCC(=O)OC(C)(C)C)cc1. The highest BCUT2D eigenvalue weighted by molar-refractivity contribution is 5.70. The fourth-order valence-corrected chi connectivity index (χ4v) is 1.58. The summed E-state index contributed by atoms with van der Waals surface area (Å²) in [5.41, 5.74) is 1.95. The smallest absolute Gasteiger partial charge is 0.308 e. The number of anilines is 1. The van der Waals surface area contributed by atoms with Gasteiger partial charge in [-0.25, -0.2) is 0 Å². The van der Waals surface area contributed by atoms with Crippen LogP contribution in [0, 0.1) is 6.92 Å². The van der Waals surface area contributed by atoms with Crippen molar-refractivity contribution in [3.05, 3.63) is 29.8 Å². The standard InChI is InChI=1S/C15H23NO2/c1-12-6-8-13(9-7-12)16(5)11-10-14(17)18-15(2,3)4/h6-9H,10-11H2,1-5H3. The summed E-state index contributed by atoms with van der Waals surface area (Å²) >= 11 is 0. The molecular formula is C15H23NO2. The van der Waals surface area contributed by atoms with E-state index in [0.717, 1.165) is 5.69 Å². The monoisotopic (exact) mass is 249 g/mol. The summed E-state index contributed by atoms with van der Waals surface area (Å²) in [6, 6.07) is 8.26. The van der Waals surface area contributed by atoms with Gasteiger partial charge in [0.05, 0.1) is 6.42 Å². The highest BCUT2D eigenvalue weighted by Gasteiger charge is 2.16. The summed E-state index contributed by atoms with van der Waals surface area (Å²) < 4.78 is 5.28. The molecule has 0 unspecified atom stereocenters. The van der Waals surface area contributed by atoms with E-state index in [2.05, 4.69) is 36.1 Å². The molecule has 0 aliphatic carbocycles. The second-order valence-corrected chi connectivity index (χ2v) is 5.59. The average Bonchev–Trinajstić information content (AvgIpc) is 2.24. The van der Waals surface area contributed by atoms with Gasteiger partial charge in [-0.05, 0) is 39.8 Å². The molecule has 0 saturated carbocycles. The summed E-state index contributed by atoms with van der Waals surface area (Å²) in [7, 11) is 1.98. The van der Waals surface area contributed by atoms with Gasteiger partial charge in [0.2, 0.25) is 0 Å². The van der Waals surface area contributed by atoms with Gasteiger partial charge in [0.15, 0.2) is 0 Å². The largest absolute Gasteiger partial charge is 0.460 e. The van der Waals surface area contributed by atoms with Gasteiger partial charge in [0.25, 0.3) is 0 Å². The summed E-state index contributed by atoms with van der Waals surface area (Å²) in [6.07, 6.45) is 0.404. The van der Waals surface area contributed by atoms with E-state index in [0.29, 0.717) is 13.0 Å². The van der Waals surface area contributed by atoms with Crippen molar-refractivity contribution in [2.24, 2.45) is 0 Å². The molecule has 0 aromatic heterocycles. The molecule has 0 amide bonds. The zero-order valence-electron chi connectivity index (χ0n) is 12.0. The van der Waals surface area contributed by atoms with Crippen molar-refractivity contribution in [1.82, 2.24) is 0 Å². The van der Waals surface area contributed by atoms with Crippen LogP contribution in [0.3, 0.4) is 0 Å². The average molecular weight is 249 g/mol. The van der Waals surface area contributed by atoms with Gasteiger partial charge in [-0.1, -0.05) is 17.7 Å². The summed E-state index contributed by atoms with van der Waals surface area (Å²) in [4.78, 5) is 13.7. The van der Waals surface area contributed by atoms with Crippen molar-refractivity contribution in [2.45, 2.75) is 39.7 Å². The minimum absolute atomic E-state index is 0.151. The van der Waals surface area contributed by atoms with Crippen LogP contribution < -0.4 is 4.90 Å². The second kappa shape index (κ2) is 5.89. The Balaban J connectivity index is 2.44. The van der Waals surface area contributed by atoms with E-state index >= 15 is 0 Å². The number of hydrogen-bond acceptors (Lipinski definition) is 3. The normalized spacial score (nSPS) is 11.2. The van der Waals surface area contributed by atoms with Gasteiger partial charge in [-0.3, -0.25) is 4.79 Å². The molecule has 1 rings (SSSR count). The number of ether oxygens (including phenoxy) is 1. The Kier molecular flexibility index (Phi) is 4.76. The third-order valence-electron chi connectivity index (χ3n) is 2.55. The number of hydrogen-bond donors (Lipinski definition) is 0. The third kappa shape index (κ3) is 5.21. The lowest BCUT2D eigenvalue weighted by Crippen LogP contribution is -2.27. The maximum Gasteiger partial charge on any atom is 0.308 e. The lowest BCUT2D eigenvalue weighted by atomic mass is 10.2. The number of carbonyl (C=O) groups excluding carboxylic acids is 1. The molecule has 0 N–H and O–H groups in total. The Morgan fingerprint density at radius 3 is 2.28 bits per heavy atom. The predicted molar refractivity (Wildman–Crippen MR) is 74.9 cm³/mol. The van der Waals surface area contributed by atoms with E-state index < -0.39 is 5.60 Å². The predicted octanol–water partition coefficient (Wildman–Crippen LogP) is 3.16. The van der Waals surface area contributed by atoms with Crippen LogP contribution in [0.15, 0.2) is 24.3 Å². The highest BCUT2D eigenvalue weighted by Crippen LogP contribution is 2.14. The van der Waals surface area contributed by atoms with Crippen LogP contribution >= 0.6 is 0 Å². The number of aryl methyl sites for hydroxylation is 1. The molecule has 1 aromatic carbocycles. The molecule has 0 aliphatic rings. The number of carbonyl (C=O) groups is 1. The zero-order chi connectivity index (χ0) is 13.8. The van der Waals surface area contributed by atoms with Crippen LogP contribution in [0.4, 0.5) is 5.69 Å². The first-order valence-electron chi connectivity index (χ1n) is 6.27. The van der Waals surface area contributed by atoms with Crippen molar-refractivity contribution in [1.29, 1.82) is 0 Å². The first-order chi connectivity index (χ1) is 8.28. The van der Waals surface area contributed by atoms with Gasteiger partial charge in [0.1, 0.15) is 5.60 Å². The molecule has 0 radical (unpaired) electrons. The van der Waals surface area contributed by atoms with Crippen LogP contribution in [-0.2, 0) is 9.53 Å². The van der Waals surface area contributed by atoms with Crippen LogP contribution in [0.5, 0.6) is 0 Å². The maximum atomic E-state index is 11.6. The molecule has 0 heterocycles. The van der Waals surface area contributed by atoms with Crippen LogP contribution in [0.25, 0.3) is 0 Å². The molecule has 1 aromatic rings. The second-order valence-electron chi connectivity index (χ2n) is 5.59. The molecule has 0 atom stereocenters. The molecule has 0 saturated heterocycles. The van der Waals surface area contributed by atoms with E-state index in [-0.39, 0.29) is 5.97 Å². The minimum atomic E-state index is -0.403. The molecule has 3 nitrogen and oxygen atoms in total. The van der Waals surface area contributed by atoms with Gasteiger partial charge in [-0.2, -0.15) is 0 Å². The lowest BCUT2D eigenvalue weighted by Gasteiger charge is -2.22. The maximum absolute atomic E-state index is 11.6. The summed E-state index contributed by atoms with van der Waals surface area (Å²) in [5.74, 6) is -0.151. The zero-order valence-corrected chi connectivity index (χ0v) is 12.0. The molecule has 0 aliphatic heterocycles. The molecular weight excluding hydrogens is 226 g/mol. The Morgan fingerprint density at radius 1 is 1.22 bits per heavy atom. The minimum Gasteiger partial charge on any atom is -0.460 e. The fourth-order valence-electron chi connectivity index (χ4n) is 1.58. The quantitative estimate of drug-likeness (QED) is 0.768. The van der Waals surface area contributed by atoms with Crippen LogP contribution in [0.1, 0.15) is 32.8 Å². The highest BCUT2D eigenvalue weighted by atomic mass is 16.6. The van der Waals surface area contributed by atoms with Crippen molar-refractivity contribution >= 4 is 11.7 Å². The van der Waals surface area contributed by atoms with Crippen molar-refractivity contribution in [3.63, 3.8) is 0 Å². The van der Waals surface area contributed by atoms with E-state index in [1.807, 2.05) is 27.8 Å². The molecule has 3 heteroatoms. The first kappa shape index (κ1) is 14.6. The van der Waals surface area contributed by atoms with Crippen molar-refractivity contribution in [3.8, 4) is 0 Å². The van der Waals surface area contributed by atoms with Crippen LogP contribution in [0.2, 0.25) is 0 Å². The summed E-state index contributed by atoms with van der Waals surface area (Å²) in [5, 5.41) is 0. The number of esters is 1. The molecule has 0 spiro atoms. The first-order valence-corrected chi connectivity index (χ1v) is 6.27. The van der Waals surface area contributed by atoms with Crippen molar-refractivity contribution in [2.75, 3.05) is 18.5 Å². The molecule has 0 fully saturated rings. The number of rotatable bonds is 4. The van der Waals surface area contributed by atoms with Gasteiger partial charge in [-0.15, -0.1) is 0 Å².